The van der Waals surface area contributed by atoms with E-state index >= 15 is 0 Å². The van der Waals surface area contributed by atoms with E-state index in [0.717, 1.165) is 33.8 Å². The van der Waals surface area contributed by atoms with Crippen LogP contribution in [0.1, 0.15) is 28.8 Å². The summed E-state index contributed by atoms with van der Waals surface area (Å²) in [4.78, 5) is 19.4. The number of thiophene rings is 1. The molecule has 0 saturated heterocycles. The van der Waals surface area contributed by atoms with Crippen LogP contribution in [-0.4, -0.2) is 43.8 Å². The maximum atomic E-state index is 13.0. The fourth-order valence-corrected chi connectivity index (χ4v) is 4.94. The standard InChI is InChI=1S/C27H28N6O3S/c1-3-36-23-10-11-25-20(14-23)13-21(27(34)28-25)16-32(17-24-5-4-12-37-24)18-26-29-30-31-33(26)15-19-6-8-22(35-2)9-7-19/h4-14H,3,15-18H2,1-2H3,(H,28,34). The van der Waals surface area contributed by atoms with Crippen LogP contribution >= 0.6 is 11.3 Å². The number of fused-ring (bicyclic) bond motifs is 1. The van der Waals surface area contributed by atoms with Gasteiger partial charge in [-0.15, -0.1) is 16.4 Å². The molecule has 0 bridgehead atoms. The van der Waals surface area contributed by atoms with Crippen molar-refractivity contribution >= 4 is 22.2 Å². The van der Waals surface area contributed by atoms with E-state index in [1.165, 1.54) is 4.88 Å². The zero-order valence-corrected chi connectivity index (χ0v) is 21.6. The fraction of sp³-hybridized carbons (Fsp3) is 0.259. The minimum Gasteiger partial charge on any atom is -0.497 e. The molecule has 0 atom stereocenters. The predicted molar refractivity (Wildman–Crippen MR) is 143 cm³/mol. The lowest BCUT2D eigenvalue weighted by Gasteiger charge is -2.21. The maximum absolute atomic E-state index is 13.0. The molecular weight excluding hydrogens is 488 g/mol. The molecule has 0 spiro atoms. The summed E-state index contributed by atoms with van der Waals surface area (Å²) in [5.41, 5.74) is 2.42. The van der Waals surface area contributed by atoms with Gasteiger partial charge < -0.3 is 14.5 Å². The van der Waals surface area contributed by atoms with Crippen molar-refractivity contribution < 1.29 is 9.47 Å². The van der Waals surface area contributed by atoms with Crippen LogP contribution in [-0.2, 0) is 26.2 Å². The Morgan fingerprint density at radius 3 is 2.62 bits per heavy atom. The highest BCUT2D eigenvalue weighted by Crippen LogP contribution is 2.21. The third kappa shape index (κ3) is 6.04. The van der Waals surface area contributed by atoms with Gasteiger partial charge in [0.25, 0.3) is 5.56 Å². The Hall–Kier alpha value is -4.02. The number of tetrazole rings is 1. The van der Waals surface area contributed by atoms with Crippen molar-refractivity contribution in [3.05, 3.63) is 98.2 Å². The molecule has 0 aliphatic rings. The average Bonchev–Trinajstić information content (AvgIpc) is 3.57. The highest BCUT2D eigenvalue weighted by atomic mass is 32.1. The van der Waals surface area contributed by atoms with E-state index in [1.807, 2.05) is 61.5 Å². The number of hydrogen-bond donors (Lipinski definition) is 1. The van der Waals surface area contributed by atoms with Crippen LogP contribution in [0.25, 0.3) is 10.9 Å². The van der Waals surface area contributed by atoms with Gasteiger partial charge in [-0.2, -0.15) is 0 Å². The number of hydrogen-bond acceptors (Lipinski definition) is 8. The Bertz CT molecular complexity index is 1510. The first-order valence-electron chi connectivity index (χ1n) is 12.0. The summed E-state index contributed by atoms with van der Waals surface area (Å²) >= 11 is 1.68. The minimum absolute atomic E-state index is 0.106. The molecule has 5 aromatic rings. The average molecular weight is 517 g/mol. The van der Waals surface area contributed by atoms with Gasteiger partial charge in [0.05, 0.1) is 26.8 Å². The highest BCUT2D eigenvalue weighted by molar-refractivity contribution is 7.09. The van der Waals surface area contributed by atoms with Crippen molar-refractivity contribution in [2.24, 2.45) is 0 Å². The molecular formula is C27H28N6O3S. The summed E-state index contributed by atoms with van der Waals surface area (Å²) in [6.07, 6.45) is 0. The zero-order chi connectivity index (χ0) is 25.6. The molecule has 9 nitrogen and oxygen atoms in total. The van der Waals surface area contributed by atoms with Crippen molar-refractivity contribution in [1.82, 2.24) is 30.1 Å². The van der Waals surface area contributed by atoms with E-state index in [2.05, 4.69) is 36.9 Å². The number of pyridine rings is 1. The number of aromatic amines is 1. The largest absolute Gasteiger partial charge is 0.497 e. The topological polar surface area (TPSA) is 98.2 Å². The normalized spacial score (nSPS) is 11.3. The molecule has 37 heavy (non-hydrogen) atoms. The summed E-state index contributed by atoms with van der Waals surface area (Å²) in [6.45, 7) is 4.67. The van der Waals surface area contributed by atoms with Gasteiger partial charge in [0.1, 0.15) is 11.5 Å². The first-order chi connectivity index (χ1) is 18.1. The molecule has 10 heteroatoms. The molecule has 0 fully saturated rings. The van der Waals surface area contributed by atoms with Gasteiger partial charge >= 0.3 is 0 Å². The van der Waals surface area contributed by atoms with Gasteiger partial charge in [-0.3, -0.25) is 9.69 Å². The summed E-state index contributed by atoms with van der Waals surface area (Å²) in [5.74, 6) is 2.31. The number of nitrogens with one attached hydrogen (secondary N) is 1. The lowest BCUT2D eigenvalue weighted by Crippen LogP contribution is -2.27. The molecule has 0 radical (unpaired) electrons. The van der Waals surface area contributed by atoms with Gasteiger partial charge in [-0.05, 0) is 70.8 Å². The lowest BCUT2D eigenvalue weighted by atomic mass is 10.1. The van der Waals surface area contributed by atoms with Gasteiger partial charge in [0.2, 0.25) is 0 Å². The van der Waals surface area contributed by atoms with Crippen molar-refractivity contribution in [3.63, 3.8) is 0 Å². The number of nitrogens with zero attached hydrogens (tertiary/aromatic N) is 5. The smallest absolute Gasteiger partial charge is 0.252 e. The molecule has 1 N–H and O–H groups in total. The van der Waals surface area contributed by atoms with Crippen molar-refractivity contribution in [1.29, 1.82) is 0 Å². The van der Waals surface area contributed by atoms with Gasteiger partial charge in [0, 0.05) is 34.4 Å². The highest BCUT2D eigenvalue weighted by Gasteiger charge is 2.17. The third-order valence-corrected chi connectivity index (χ3v) is 6.88. The number of benzene rings is 2. The van der Waals surface area contributed by atoms with Gasteiger partial charge in [0.15, 0.2) is 5.82 Å². The van der Waals surface area contributed by atoms with E-state index in [1.54, 1.807) is 23.1 Å². The molecule has 0 amide bonds. The second-order valence-electron chi connectivity index (χ2n) is 8.63. The Morgan fingerprint density at radius 2 is 1.86 bits per heavy atom. The SMILES string of the molecule is CCOc1ccc2[nH]c(=O)c(CN(Cc3cccs3)Cc3nnnn3Cc3ccc(OC)cc3)cc2c1. The molecule has 5 rings (SSSR count). The van der Waals surface area contributed by atoms with Crippen molar-refractivity contribution in [3.8, 4) is 11.5 Å². The van der Waals surface area contributed by atoms with Crippen molar-refractivity contribution in [2.75, 3.05) is 13.7 Å². The van der Waals surface area contributed by atoms with Crippen LogP contribution in [0.5, 0.6) is 11.5 Å². The molecule has 0 saturated carbocycles. The molecule has 3 aromatic heterocycles. The first kappa shape index (κ1) is 24.7. The lowest BCUT2D eigenvalue weighted by molar-refractivity contribution is 0.238. The summed E-state index contributed by atoms with van der Waals surface area (Å²) in [6, 6.07) is 19.6. The number of methoxy groups -OCH3 is 1. The summed E-state index contributed by atoms with van der Waals surface area (Å²) in [5, 5.41) is 15.4. The Labute approximate surface area is 218 Å². The number of rotatable bonds is 11. The Kier molecular flexibility index (Phi) is 7.57. The zero-order valence-electron chi connectivity index (χ0n) is 20.8. The fourth-order valence-electron chi connectivity index (χ4n) is 4.20. The molecule has 0 aliphatic heterocycles. The van der Waals surface area contributed by atoms with Crippen LogP contribution in [0.15, 0.2) is 70.8 Å². The molecule has 3 heterocycles. The van der Waals surface area contributed by atoms with E-state index in [0.29, 0.717) is 38.3 Å². The minimum atomic E-state index is -0.106. The van der Waals surface area contributed by atoms with E-state index < -0.39 is 0 Å². The monoisotopic (exact) mass is 516 g/mol. The Morgan fingerprint density at radius 1 is 1.03 bits per heavy atom. The summed E-state index contributed by atoms with van der Waals surface area (Å²) in [7, 11) is 1.65. The van der Waals surface area contributed by atoms with Crippen LogP contribution in [0.4, 0.5) is 0 Å². The van der Waals surface area contributed by atoms with Crippen LogP contribution in [0, 0.1) is 0 Å². The van der Waals surface area contributed by atoms with Gasteiger partial charge in [-0.1, -0.05) is 18.2 Å². The molecule has 2 aromatic carbocycles. The van der Waals surface area contributed by atoms with Crippen LogP contribution in [0.2, 0.25) is 0 Å². The molecule has 0 unspecified atom stereocenters. The number of ether oxygens (including phenoxy) is 2. The predicted octanol–water partition coefficient (Wildman–Crippen LogP) is 4.23. The maximum Gasteiger partial charge on any atom is 0.252 e. The van der Waals surface area contributed by atoms with E-state index in [4.69, 9.17) is 9.47 Å². The molecule has 190 valence electrons. The first-order valence-corrected chi connectivity index (χ1v) is 12.9. The number of H-pyrrole nitrogens is 1. The second-order valence-corrected chi connectivity index (χ2v) is 9.66. The summed E-state index contributed by atoms with van der Waals surface area (Å²) < 4.78 is 12.7. The van der Waals surface area contributed by atoms with E-state index in [-0.39, 0.29) is 5.56 Å². The second kappa shape index (κ2) is 11.4. The quantitative estimate of drug-likeness (QED) is 0.280. The third-order valence-electron chi connectivity index (χ3n) is 6.02. The van der Waals surface area contributed by atoms with Crippen LogP contribution in [0.3, 0.4) is 0 Å². The number of aromatic nitrogens is 5. The Balaban J connectivity index is 1.40. The van der Waals surface area contributed by atoms with Gasteiger partial charge in [-0.25, -0.2) is 4.68 Å². The van der Waals surface area contributed by atoms with Crippen LogP contribution < -0.4 is 15.0 Å². The van der Waals surface area contributed by atoms with Crippen molar-refractivity contribution in [2.45, 2.75) is 33.1 Å². The van der Waals surface area contributed by atoms with E-state index in [9.17, 15) is 4.79 Å². The molecule has 0 aliphatic carbocycles.